The summed E-state index contributed by atoms with van der Waals surface area (Å²) in [5, 5.41) is 13.2. The maximum atomic E-state index is 14.6. The monoisotopic (exact) mass is 790 g/mol. The fourth-order valence-corrected chi connectivity index (χ4v) is 8.24. The van der Waals surface area contributed by atoms with Gasteiger partial charge in [-0.1, -0.05) is 97.0 Å². The van der Waals surface area contributed by atoms with Crippen molar-refractivity contribution in [1.82, 2.24) is 9.97 Å². The molecule has 1 fully saturated rings. The number of amides is 1. The Hall–Kier alpha value is -4.21. The number of fused-ring (bicyclic) bond motifs is 1. The van der Waals surface area contributed by atoms with E-state index in [0.717, 1.165) is 36.0 Å². The molecule has 1 aromatic carbocycles. The molecule has 0 aliphatic carbocycles. The second kappa shape index (κ2) is 21.5. The van der Waals surface area contributed by atoms with E-state index in [1.807, 2.05) is 33.8 Å². The van der Waals surface area contributed by atoms with Gasteiger partial charge in [-0.2, -0.15) is 9.37 Å². The van der Waals surface area contributed by atoms with Gasteiger partial charge in [-0.15, -0.1) is 6.42 Å². The Morgan fingerprint density at radius 2 is 1.72 bits per heavy atom. The molecule has 0 bridgehead atoms. The van der Waals surface area contributed by atoms with E-state index in [0.29, 0.717) is 42.8 Å². The third-order valence-electron chi connectivity index (χ3n) is 11.0. The number of aryl methyl sites for hydroxylation is 3. The third kappa shape index (κ3) is 13.2. The Kier molecular flexibility index (Phi) is 17.2. The van der Waals surface area contributed by atoms with Gasteiger partial charge in [0.2, 0.25) is 5.91 Å². The quantitative estimate of drug-likeness (QED) is 0.0416. The fourth-order valence-electron chi connectivity index (χ4n) is 8.24. The van der Waals surface area contributed by atoms with Gasteiger partial charge in [0.1, 0.15) is 17.5 Å². The van der Waals surface area contributed by atoms with Gasteiger partial charge in [0.25, 0.3) is 0 Å². The van der Waals surface area contributed by atoms with Gasteiger partial charge in [-0.05, 0) is 62.6 Å². The van der Waals surface area contributed by atoms with E-state index < -0.39 is 47.8 Å². The van der Waals surface area contributed by atoms with Gasteiger partial charge in [-0.3, -0.25) is 19.4 Å². The summed E-state index contributed by atoms with van der Waals surface area (Å²) in [5.41, 5.74) is 0.923. The van der Waals surface area contributed by atoms with Gasteiger partial charge >= 0.3 is 18.0 Å². The minimum absolute atomic E-state index is 0.0538. The second-order valence-electron chi connectivity index (χ2n) is 16.5. The molecule has 12 heteroatoms. The number of unbranched alkanes of at least 4 members (excludes halogenated alkanes) is 10. The number of nitrogens with zero attached hydrogens (tertiary/aromatic N) is 3. The van der Waals surface area contributed by atoms with Gasteiger partial charge in [0.15, 0.2) is 11.4 Å². The first kappa shape index (κ1) is 45.5. The Bertz CT molecular complexity index is 1770. The van der Waals surface area contributed by atoms with Crippen LogP contribution < -0.4 is 10.1 Å². The van der Waals surface area contributed by atoms with Crippen molar-refractivity contribution in [1.29, 1.82) is 0 Å². The number of ether oxygens (including phenoxy) is 3. The van der Waals surface area contributed by atoms with Crippen LogP contribution in [0.25, 0.3) is 0 Å². The zero-order valence-electron chi connectivity index (χ0n) is 34.9. The van der Waals surface area contributed by atoms with Crippen molar-refractivity contribution in [3.8, 4) is 18.1 Å². The summed E-state index contributed by atoms with van der Waals surface area (Å²) in [6.45, 7) is 10.6. The standard InChI is InChI=1S/C45H63FN4O7/c1-8-10-11-12-13-14-15-16-17-18-19-20-38(53)49-42-41-35(48-43(46)50-42)22-21-33(28-47-41)25-34-26-37(45(9-2,29-51)57-34)56-39(54)27-44(6,7)40-31(4)23-30(3)24-36(40)55-32(5)52/h2,23-24,28,33-34,37,51H,8,10-22,25-27,29H2,1,3-7H3,(H,48,49,50,53)/t33?,34-,37-,45+/m0/s1. The molecule has 2 aliphatic heterocycles. The summed E-state index contributed by atoms with van der Waals surface area (Å²) < 4.78 is 32.3. The number of aliphatic imine (C=N–C) groups is 1. The Morgan fingerprint density at radius 3 is 2.35 bits per heavy atom. The number of hydrogen-bond acceptors (Lipinski definition) is 10. The van der Waals surface area contributed by atoms with Gasteiger partial charge in [0.05, 0.1) is 24.8 Å². The zero-order valence-corrected chi connectivity index (χ0v) is 34.9. The number of aliphatic hydroxyl groups is 1. The lowest BCUT2D eigenvalue weighted by Crippen LogP contribution is -2.44. The molecule has 3 heterocycles. The number of carbonyl (C=O) groups excluding carboxylic acids is 3. The average Bonchev–Trinajstić information content (AvgIpc) is 3.33. The highest BCUT2D eigenvalue weighted by Crippen LogP contribution is 2.41. The number of esters is 2. The van der Waals surface area contributed by atoms with Crippen molar-refractivity contribution in [3.05, 3.63) is 40.6 Å². The minimum atomic E-state index is -1.54. The molecule has 4 atom stereocenters. The van der Waals surface area contributed by atoms with Gasteiger partial charge in [0, 0.05) is 37.0 Å². The van der Waals surface area contributed by atoms with Crippen molar-refractivity contribution in [3.63, 3.8) is 0 Å². The Morgan fingerprint density at radius 1 is 1.05 bits per heavy atom. The summed E-state index contributed by atoms with van der Waals surface area (Å²) in [5.74, 6) is 1.60. The predicted molar refractivity (Wildman–Crippen MR) is 219 cm³/mol. The smallest absolute Gasteiger partial charge is 0.310 e. The normalized spacial score (nSPS) is 20.4. The molecule has 4 rings (SSSR count). The van der Waals surface area contributed by atoms with Crippen LogP contribution in [0, 0.1) is 38.2 Å². The molecule has 0 radical (unpaired) electrons. The number of anilines is 1. The first-order valence-corrected chi connectivity index (χ1v) is 20.9. The SMILES string of the molecule is C#C[C@]1(CO)O[C@@H](CC2C=Nc3c(nc(F)nc3NC(=O)CCCCCCCCCCCCC)CC2)C[C@@H]1OC(=O)CC(C)(C)c1c(C)cc(C)cc1OC(C)=O. The lowest BCUT2D eigenvalue weighted by Gasteiger charge is -2.31. The number of terminal acetylenes is 1. The lowest BCUT2D eigenvalue weighted by atomic mass is 9.78. The van der Waals surface area contributed by atoms with Crippen LogP contribution in [0.3, 0.4) is 0 Å². The Labute approximate surface area is 338 Å². The van der Waals surface area contributed by atoms with Gasteiger partial charge < -0.3 is 24.6 Å². The topological polar surface area (TPSA) is 149 Å². The summed E-state index contributed by atoms with van der Waals surface area (Å²) in [6, 6.07) is 3.74. The van der Waals surface area contributed by atoms with Crippen molar-refractivity contribution in [2.75, 3.05) is 11.9 Å². The number of rotatable bonds is 21. The molecule has 1 aromatic heterocycles. The van der Waals surface area contributed by atoms with Crippen LogP contribution in [0.1, 0.15) is 153 Å². The fraction of sp³-hybridized carbons (Fsp3) is 0.644. The second-order valence-corrected chi connectivity index (χ2v) is 16.5. The number of carbonyl (C=O) groups is 3. The summed E-state index contributed by atoms with van der Waals surface area (Å²) in [6.07, 6.45) is 20.2. The van der Waals surface area contributed by atoms with Crippen molar-refractivity contribution >= 4 is 35.6 Å². The van der Waals surface area contributed by atoms with E-state index in [1.54, 1.807) is 12.3 Å². The number of halogens is 1. The molecule has 2 aromatic rings. The average molecular weight is 791 g/mol. The molecule has 1 amide bonds. The predicted octanol–water partition coefficient (Wildman–Crippen LogP) is 8.89. The van der Waals surface area contributed by atoms with Crippen LogP contribution >= 0.6 is 0 Å². The van der Waals surface area contributed by atoms with E-state index in [2.05, 4.69) is 33.1 Å². The molecule has 2 N–H and O–H groups in total. The highest BCUT2D eigenvalue weighted by atomic mass is 19.1. The Balaban J connectivity index is 1.33. The molecule has 11 nitrogen and oxygen atoms in total. The molecular formula is C45H63FN4O7. The largest absolute Gasteiger partial charge is 0.458 e. The molecule has 57 heavy (non-hydrogen) atoms. The van der Waals surface area contributed by atoms with Crippen LogP contribution in [0.4, 0.5) is 15.9 Å². The zero-order chi connectivity index (χ0) is 41.6. The molecule has 312 valence electrons. The van der Waals surface area contributed by atoms with Crippen molar-refractivity contribution < 1.29 is 38.1 Å². The minimum Gasteiger partial charge on any atom is -0.458 e. The number of aromatic nitrogens is 2. The van der Waals surface area contributed by atoms with Crippen LogP contribution in [-0.2, 0) is 35.7 Å². The summed E-state index contributed by atoms with van der Waals surface area (Å²) in [4.78, 5) is 50.8. The first-order valence-electron chi connectivity index (χ1n) is 20.9. The third-order valence-corrected chi connectivity index (χ3v) is 11.0. The van der Waals surface area contributed by atoms with Crippen LogP contribution in [0.5, 0.6) is 5.75 Å². The molecule has 2 aliphatic rings. The number of hydrogen-bond donors (Lipinski definition) is 2. The molecule has 1 unspecified atom stereocenters. The number of nitrogens with one attached hydrogen (secondary N) is 1. The summed E-state index contributed by atoms with van der Waals surface area (Å²) >= 11 is 0. The van der Waals surface area contributed by atoms with Gasteiger partial charge in [-0.25, -0.2) is 4.98 Å². The molecular weight excluding hydrogens is 728 g/mol. The number of aliphatic hydroxyl groups excluding tert-OH is 1. The van der Waals surface area contributed by atoms with E-state index in [4.69, 9.17) is 20.6 Å². The molecule has 0 saturated carbocycles. The highest BCUT2D eigenvalue weighted by molar-refractivity contribution is 5.93. The van der Waals surface area contributed by atoms with Crippen molar-refractivity contribution in [2.24, 2.45) is 10.9 Å². The first-order chi connectivity index (χ1) is 27.2. The lowest BCUT2D eigenvalue weighted by molar-refractivity contribution is -0.159. The van der Waals surface area contributed by atoms with Crippen molar-refractivity contribution in [2.45, 2.75) is 174 Å². The van der Waals surface area contributed by atoms with Crippen LogP contribution in [0.2, 0.25) is 0 Å². The van der Waals surface area contributed by atoms with E-state index in [1.165, 1.54) is 58.3 Å². The van der Waals surface area contributed by atoms with E-state index >= 15 is 0 Å². The number of benzene rings is 1. The maximum absolute atomic E-state index is 14.6. The molecule has 0 spiro atoms. The van der Waals surface area contributed by atoms with Crippen LogP contribution in [0.15, 0.2) is 17.1 Å². The summed E-state index contributed by atoms with van der Waals surface area (Å²) in [7, 11) is 0. The van der Waals surface area contributed by atoms with Crippen LogP contribution in [-0.4, -0.2) is 63.6 Å². The van der Waals surface area contributed by atoms with E-state index in [-0.39, 0.29) is 30.5 Å². The highest BCUT2D eigenvalue weighted by Gasteiger charge is 2.50. The molecule has 1 saturated heterocycles. The van der Waals surface area contributed by atoms with E-state index in [9.17, 15) is 23.9 Å². The maximum Gasteiger partial charge on any atom is 0.310 e.